The van der Waals surface area contributed by atoms with Gasteiger partial charge in [0, 0.05) is 13.0 Å². The number of rotatable bonds is 4. The van der Waals surface area contributed by atoms with Crippen LogP contribution in [0.4, 0.5) is 0 Å². The van der Waals surface area contributed by atoms with Crippen molar-refractivity contribution in [3.05, 3.63) is 0 Å². The Balaban J connectivity index is 0. The minimum Gasteiger partial charge on any atom is -0.481 e. The molecule has 0 fully saturated rings. The molecule has 5 heteroatoms. The lowest BCUT2D eigenvalue weighted by Crippen LogP contribution is -2.02. The van der Waals surface area contributed by atoms with Crippen molar-refractivity contribution in [2.24, 2.45) is 11.5 Å². The van der Waals surface area contributed by atoms with Crippen molar-refractivity contribution in [1.29, 1.82) is 0 Å². The van der Waals surface area contributed by atoms with Crippen LogP contribution < -0.4 is 11.5 Å². The SMILES string of the molecule is NCCCC(=O)O.NCCO. The van der Waals surface area contributed by atoms with E-state index >= 15 is 0 Å². The predicted octanol–water partition coefficient (Wildman–Crippen LogP) is -1.25. The highest BCUT2D eigenvalue weighted by molar-refractivity contribution is 5.66. The fourth-order valence-electron chi connectivity index (χ4n) is 0.253. The summed E-state index contributed by atoms with van der Waals surface area (Å²) in [5, 5.41) is 15.7. The van der Waals surface area contributed by atoms with Gasteiger partial charge in [0.2, 0.25) is 0 Å². The van der Waals surface area contributed by atoms with Gasteiger partial charge in [0.15, 0.2) is 0 Å². The first-order valence-corrected chi connectivity index (χ1v) is 3.41. The molecule has 0 aliphatic carbocycles. The first kappa shape index (κ1) is 13.0. The number of aliphatic hydroxyl groups excluding tert-OH is 1. The Kier molecular flexibility index (Phi) is 14.2. The Morgan fingerprint density at radius 1 is 1.27 bits per heavy atom. The Morgan fingerprint density at radius 2 is 1.73 bits per heavy atom. The topological polar surface area (TPSA) is 110 Å². The Hall–Kier alpha value is -0.650. The maximum atomic E-state index is 9.70. The second kappa shape index (κ2) is 12.1. The molecule has 5 nitrogen and oxygen atoms in total. The molecule has 11 heavy (non-hydrogen) atoms. The van der Waals surface area contributed by atoms with Crippen LogP contribution >= 0.6 is 0 Å². The van der Waals surface area contributed by atoms with Crippen molar-refractivity contribution in [2.75, 3.05) is 19.7 Å². The summed E-state index contributed by atoms with van der Waals surface area (Å²) in [5.41, 5.74) is 9.79. The molecule has 0 aliphatic rings. The molecule has 0 spiro atoms. The summed E-state index contributed by atoms with van der Waals surface area (Å²) in [5.74, 6) is -0.773. The predicted molar refractivity (Wildman–Crippen MR) is 42.1 cm³/mol. The number of hydrogen-bond acceptors (Lipinski definition) is 4. The molecule has 0 atom stereocenters. The number of carbonyl (C=O) groups is 1. The number of aliphatic hydroxyl groups is 1. The fourth-order valence-corrected chi connectivity index (χ4v) is 0.253. The zero-order valence-electron chi connectivity index (χ0n) is 6.49. The average molecular weight is 164 g/mol. The molecule has 0 saturated carbocycles. The maximum absolute atomic E-state index is 9.70. The van der Waals surface area contributed by atoms with E-state index in [9.17, 15) is 4.79 Å². The summed E-state index contributed by atoms with van der Waals surface area (Å²) >= 11 is 0. The number of aliphatic carboxylic acids is 1. The number of hydrogen-bond donors (Lipinski definition) is 4. The van der Waals surface area contributed by atoms with Crippen molar-refractivity contribution < 1.29 is 15.0 Å². The van der Waals surface area contributed by atoms with Gasteiger partial charge in [0.1, 0.15) is 0 Å². The van der Waals surface area contributed by atoms with Gasteiger partial charge in [0.25, 0.3) is 0 Å². The largest absolute Gasteiger partial charge is 0.481 e. The molecule has 0 aliphatic heterocycles. The van der Waals surface area contributed by atoms with Gasteiger partial charge >= 0.3 is 5.97 Å². The van der Waals surface area contributed by atoms with Crippen LogP contribution in [0.3, 0.4) is 0 Å². The van der Waals surface area contributed by atoms with Gasteiger partial charge in [-0.3, -0.25) is 4.79 Å². The van der Waals surface area contributed by atoms with E-state index in [1.807, 2.05) is 0 Å². The van der Waals surface area contributed by atoms with Gasteiger partial charge < -0.3 is 21.7 Å². The van der Waals surface area contributed by atoms with E-state index in [0.29, 0.717) is 19.5 Å². The van der Waals surface area contributed by atoms with Crippen LogP contribution in [0.2, 0.25) is 0 Å². The van der Waals surface area contributed by atoms with Gasteiger partial charge in [-0.25, -0.2) is 0 Å². The Labute approximate surface area is 66.0 Å². The van der Waals surface area contributed by atoms with Crippen LogP contribution in [0.15, 0.2) is 0 Å². The maximum Gasteiger partial charge on any atom is 0.303 e. The van der Waals surface area contributed by atoms with Crippen LogP contribution in [0.1, 0.15) is 12.8 Å². The standard InChI is InChI=1S/C4H9NO2.C2H7NO/c5-3-1-2-4(6)7;3-1-2-4/h1-3,5H2,(H,6,7);4H,1-3H2. The number of carboxylic acid groups (broad SMARTS) is 1. The van der Waals surface area contributed by atoms with Crippen molar-refractivity contribution in [2.45, 2.75) is 12.8 Å². The minimum atomic E-state index is -0.773. The van der Waals surface area contributed by atoms with Crippen LogP contribution in [-0.4, -0.2) is 35.9 Å². The lowest BCUT2D eigenvalue weighted by atomic mass is 10.3. The normalized spacial score (nSPS) is 8.27. The molecule has 0 amide bonds. The summed E-state index contributed by atoms with van der Waals surface area (Å²) in [6.45, 7) is 0.937. The number of nitrogens with two attached hydrogens (primary N) is 2. The molecule has 0 rings (SSSR count). The summed E-state index contributed by atoms with van der Waals surface area (Å²) in [6.07, 6.45) is 0.770. The quantitative estimate of drug-likeness (QED) is 0.415. The van der Waals surface area contributed by atoms with Gasteiger partial charge in [-0.15, -0.1) is 0 Å². The highest BCUT2D eigenvalue weighted by Gasteiger charge is 1.91. The highest BCUT2D eigenvalue weighted by atomic mass is 16.4. The van der Waals surface area contributed by atoms with E-state index in [4.69, 9.17) is 21.7 Å². The third-order valence-electron chi connectivity index (χ3n) is 0.724. The third-order valence-corrected chi connectivity index (χ3v) is 0.724. The van der Waals surface area contributed by atoms with E-state index in [1.54, 1.807) is 0 Å². The molecule has 0 bridgehead atoms. The molecule has 0 aromatic carbocycles. The van der Waals surface area contributed by atoms with Crippen molar-refractivity contribution in [3.8, 4) is 0 Å². The lowest BCUT2D eigenvalue weighted by Gasteiger charge is -1.86. The molecular formula is C6H16N2O3. The highest BCUT2D eigenvalue weighted by Crippen LogP contribution is 1.82. The zero-order valence-corrected chi connectivity index (χ0v) is 6.49. The molecule has 0 heterocycles. The van der Waals surface area contributed by atoms with Crippen molar-refractivity contribution >= 4 is 5.97 Å². The molecule has 0 radical (unpaired) electrons. The minimum absolute atomic E-state index is 0.0972. The van der Waals surface area contributed by atoms with Crippen molar-refractivity contribution in [1.82, 2.24) is 0 Å². The fraction of sp³-hybridized carbons (Fsp3) is 0.833. The molecular weight excluding hydrogens is 148 g/mol. The second-order valence-electron chi connectivity index (χ2n) is 1.80. The summed E-state index contributed by atoms with van der Waals surface area (Å²) in [6, 6.07) is 0. The van der Waals surface area contributed by atoms with Gasteiger partial charge in [-0.05, 0) is 13.0 Å². The van der Waals surface area contributed by atoms with E-state index in [-0.39, 0.29) is 13.0 Å². The summed E-state index contributed by atoms with van der Waals surface area (Å²) in [7, 11) is 0. The zero-order chi connectivity index (χ0) is 9.11. The van der Waals surface area contributed by atoms with Gasteiger partial charge in [-0.1, -0.05) is 0 Å². The Morgan fingerprint density at radius 3 is 1.82 bits per heavy atom. The smallest absolute Gasteiger partial charge is 0.303 e. The molecule has 0 aromatic heterocycles. The van der Waals surface area contributed by atoms with Crippen LogP contribution in [0.5, 0.6) is 0 Å². The van der Waals surface area contributed by atoms with Crippen LogP contribution in [0.25, 0.3) is 0 Å². The summed E-state index contributed by atoms with van der Waals surface area (Å²) in [4.78, 5) is 9.70. The molecule has 0 saturated heterocycles. The van der Waals surface area contributed by atoms with E-state index in [0.717, 1.165) is 0 Å². The van der Waals surface area contributed by atoms with Crippen LogP contribution in [-0.2, 0) is 4.79 Å². The molecule has 68 valence electrons. The van der Waals surface area contributed by atoms with E-state index in [1.165, 1.54) is 0 Å². The number of carboxylic acids is 1. The van der Waals surface area contributed by atoms with Crippen LogP contribution in [0, 0.1) is 0 Å². The first-order valence-electron chi connectivity index (χ1n) is 3.41. The van der Waals surface area contributed by atoms with Gasteiger partial charge in [-0.2, -0.15) is 0 Å². The van der Waals surface area contributed by atoms with E-state index in [2.05, 4.69) is 0 Å². The van der Waals surface area contributed by atoms with Crippen molar-refractivity contribution in [3.63, 3.8) is 0 Å². The lowest BCUT2D eigenvalue weighted by molar-refractivity contribution is -0.137. The third kappa shape index (κ3) is 26.7. The first-order chi connectivity index (χ1) is 5.18. The van der Waals surface area contributed by atoms with Gasteiger partial charge in [0.05, 0.1) is 6.61 Å². The average Bonchev–Trinajstić information content (AvgIpc) is 2.01. The van der Waals surface area contributed by atoms with E-state index < -0.39 is 5.97 Å². The monoisotopic (exact) mass is 164 g/mol. The molecule has 6 N–H and O–H groups in total. The Bertz CT molecular complexity index is 85.9. The summed E-state index contributed by atoms with van der Waals surface area (Å²) < 4.78 is 0. The molecule has 0 unspecified atom stereocenters. The molecule has 0 aromatic rings. The second-order valence-corrected chi connectivity index (χ2v) is 1.80.